The molecule has 5 N–H and O–H groups in total. The van der Waals surface area contributed by atoms with Gasteiger partial charge in [0, 0.05) is 67.5 Å². The minimum absolute atomic E-state index is 0.00973. The molecule has 5 heterocycles. The van der Waals surface area contributed by atoms with Gasteiger partial charge in [0.1, 0.15) is 5.52 Å². The van der Waals surface area contributed by atoms with Crippen LogP contribution in [0.25, 0.3) is 22.0 Å². The quantitative estimate of drug-likeness (QED) is 0.0881. The Balaban J connectivity index is 1.07. The number of pyridine rings is 2. The Kier molecular flexibility index (Phi) is 10.5. The summed E-state index contributed by atoms with van der Waals surface area (Å²) in [5, 5.41) is 34.8. The van der Waals surface area contributed by atoms with Crippen LogP contribution in [0.5, 0.6) is 0 Å². The number of rotatable bonds is 12. The average molecular weight is 730 g/mol. The van der Waals surface area contributed by atoms with Crippen LogP contribution in [0.15, 0.2) is 67.0 Å². The number of anilines is 3. The molecular formula is C37H38Cl2N8O4. The zero-order valence-electron chi connectivity index (χ0n) is 27.8. The van der Waals surface area contributed by atoms with Crippen LogP contribution in [0, 0.1) is 0 Å². The Hall–Kier alpha value is -4.59. The van der Waals surface area contributed by atoms with Crippen molar-refractivity contribution in [2.45, 2.75) is 57.3 Å². The van der Waals surface area contributed by atoms with Gasteiger partial charge in [0.15, 0.2) is 11.5 Å². The molecule has 14 heteroatoms. The Morgan fingerprint density at radius 3 is 2.51 bits per heavy atom. The maximum Gasteiger partial charge on any atom is 0.303 e. The molecule has 3 aromatic heterocycles. The molecule has 0 spiro atoms. The molecular weight excluding hydrogens is 691 g/mol. The number of carboxylic acids is 1. The second-order valence-electron chi connectivity index (χ2n) is 13.0. The van der Waals surface area contributed by atoms with E-state index in [1.54, 1.807) is 24.4 Å². The molecule has 2 aliphatic rings. The first kappa shape index (κ1) is 34.8. The first-order valence-corrected chi connectivity index (χ1v) is 17.8. The van der Waals surface area contributed by atoms with Crippen molar-refractivity contribution in [3.8, 4) is 11.1 Å². The van der Waals surface area contributed by atoms with Crippen molar-refractivity contribution in [1.29, 1.82) is 0 Å². The number of fused-ring (bicyclic) bond motifs is 2. The van der Waals surface area contributed by atoms with Crippen molar-refractivity contribution in [3.63, 3.8) is 0 Å². The summed E-state index contributed by atoms with van der Waals surface area (Å²) in [7, 11) is 0. The Labute approximate surface area is 304 Å². The van der Waals surface area contributed by atoms with Gasteiger partial charge in [0.05, 0.1) is 33.2 Å². The van der Waals surface area contributed by atoms with E-state index in [9.17, 15) is 14.7 Å². The number of carboxylic acid groups (broad SMARTS) is 1. The number of aliphatic hydroxyl groups is 1. The van der Waals surface area contributed by atoms with Crippen molar-refractivity contribution in [2.24, 2.45) is 0 Å². The van der Waals surface area contributed by atoms with Crippen molar-refractivity contribution < 1.29 is 19.8 Å². The third-order valence-corrected chi connectivity index (χ3v) is 10.1. The number of carbonyl (C=O) groups excluding carboxylic acids is 1. The van der Waals surface area contributed by atoms with E-state index in [0.717, 1.165) is 49.0 Å². The van der Waals surface area contributed by atoms with E-state index in [4.69, 9.17) is 33.3 Å². The van der Waals surface area contributed by atoms with Crippen molar-refractivity contribution in [3.05, 3.63) is 94.0 Å². The molecule has 1 amide bonds. The van der Waals surface area contributed by atoms with E-state index in [1.165, 1.54) is 0 Å². The lowest BCUT2D eigenvalue weighted by Gasteiger charge is -2.24. The number of halogens is 2. The number of nitrogens with one attached hydrogen (secondary N) is 3. The number of hydrogen-bond acceptors (Lipinski definition) is 9. The van der Waals surface area contributed by atoms with Gasteiger partial charge in [-0.3, -0.25) is 24.2 Å². The third kappa shape index (κ3) is 7.85. The molecule has 51 heavy (non-hydrogen) atoms. The number of amides is 1. The lowest BCUT2D eigenvalue weighted by molar-refractivity contribution is -0.137. The molecule has 12 nitrogen and oxygen atoms in total. The summed E-state index contributed by atoms with van der Waals surface area (Å²) >= 11 is 13.9. The SMILES string of the molecule is O=C(O)CCCNC1CCCn2nc(C(=O)Nc3cccc(-c4cccc(Nc5nccc6cc(CN7CC[C@@H](O)C7)cnc56)c4Cl)c3Cl)cc21. The molecule has 0 radical (unpaired) electrons. The van der Waals surface area contributed by atoms with Crippen LogP contribution in [0.3, 0.4) is 0 Å². The fourth-order valence-corrected chi connectivity index (χ4v) is 7.35. The van der Waals surface area contributed by atoms with Gasteiger partial charge in [-0.25, -0.2) is 4.98 Å². The number of carbonyl (C=O) groups is 2. The van der Waals surface area contributed by atoms with Crippen LogP contribution in [0.4, 0.5) is 17.2 Å². The highest BCUT2D eigenvalue weighted by Crippen LogP contribution is 2.41. The standard InChI is InChI=1S/C37H38Cl2N8O4/c38-33-25(5-1-7-28(33)43-36-35-23(11-14-41-36)17-22(19-42-35)20-46-16-12-24(48)21-46)26-6-2-8-29(34(26)39)44-37(51)30-18-31-27(9-4-15-47(31)45-30)40-13-3-10-32(49)50/h1-2,5-8,11,14,17-19,24,27,40,48H,3-4,9-10,12-13,15-16,20-21H2,(H,41,43)(H,44,51)(H,49,50)/t24-,27?/m1/s1. The summed E-state index contributed by atoms with van der Waals surface area (Å²) in [5.41, 5.74) is 5.28. The predicted octanol–water partition coefficient (Wildman–Crippen LogP) is 6.65. The number of aryl methyl sites for hydroxylation is 1. The maximum absolute atomic E-state index is 13.4. The highest BCUT2D eigenvalue weighted by Gasteiger charge is 2.25. The van der Waals surface area contributed by atoms with Gasteiger partial charge >= 0.3 is 5.97 Å². The Morgan fingerprint density at radius 1 is 0.961 bits per heavy atom. The van der Waals surface area contributed by atoms with Crippen molar-refractivity contribution in [1.82, 2.24) is 30.0 Å². The lowest BCUT2D eigenvalue weighted by Crippen LogP contribution is -2.28. The molecule has 2 aromatic carbocycles. The summed E-state index contributed by atoms with van der Waals surface area (Å²) in [6, 6.07) is 16.8. The van der Waals surface area contributed by atoms with Crippen LogP contribution >= 0.6 is 23.2 Å². The summed E-state index contributed by atoms with van der Waals surface area (Å²) in [6.07, 6.45) is 6.49. The van der Waals surface area contributed by atoms with E-state index in [2.05, 4.69) is 37.0 Å². The molecule has 5 aromatic rings. The normalized spacial score (nSPS) is 17.4. The van der Waals surface area contributed by atoms with E-state index in [0.29, 0.717) is 69.9 Å². The lowest BCUT2D eigenvalue weighted by atomic mass is 10.0. The van der Waals surface area contributed by atoms with Crippen LogP contribution in [-0.4, -0.2) is 72.5 Å². The van der Waals surface area contributed by atoms with Crippen molar-refractivity contribution >= 4 is 63.2 Å². The van der Waals surface area contributed by atoms with Gasteiger partial charge in [-0.05, 0) is 68.1 Å². The fourth-order valence-electron chi connectivity index (χ4n) is 6.80. The Bertz CT molecular complexity index is 2090. The molecule has 1 saturated heterocycles. The molecule has 7 rings (SSSR count). The highest BCUT2D eigenvalue weighted by atomic mass is 35.5. The smallest absolute Gasteiger partial charge is 0.303 e. The number of nitrogens with zero attached hydrogens (tertiary/aromatic N) is 5. The Morgan fingerprint density at radius 2 is 1.75 bits per heavy atom. The van der Waals surface area contributed by atoms with E-state index >= 15 is 0 Å². The summed E-state index contributed by atoms with van der Waals surface area (Å²) < 4.78 is 1.84. The molecule has 264 valence electrons. The molecule has 2 atom stereocenters. The number of aliphatic hydroxyl groups excluding tert-OH is 1. The van der Waals surface area contributed by atoms with E-state index in [-0.39, 0.29) is 24.3 Å². The molecule has 0 bridgehead atoms. The van der Waals surface area contributed by atoms with E-state index < -0.39 is 11.9 Å². The van der Waals surface area contributed by atoms with Crippen LogP contribution in [0.1, 0.15) is 59.9 Å². The topological polar surface area (TPSA) is 158 Å². The number of benzene rings is 2. The summed E-state index contributed by atoms with van der Waals surface area (Å²) in [4.78, 5) is 35.8. The van der Waals surface area contributed by atoms with Gasteiger partial charge in [-0.2, -0.15) is 5.10 Å². The number of aliphatic carboxylic acids is 1. The number of hydrogen-bond donors (Lipinski definition) is 5. The molecule has 0 saturated carbocycles. The van der Waals surface area contributed by atoms with Crippen LogP contribution in [0.2, 0.25) is 10.0 Å². The highest BCUT2D eigenvalue weighted by molar-refractivity contribution is 6.39. The molecule has 1 unspecified atom stereocenters. The van der Waals surface area contributed by atoms with Gasteiger partial charge in [0.25, 0.3) is 5.91 Å². The van der Waals surface area contributed by atoms with Crippen LogP contribution < -0.4 is 16.0 Å². The largest absolute Gasteiger partial charge is 0.481 e. The zero-order chi connectivity index (χ0) is 35.5. The second kappa shape index (κ2) is 15.3. The van der Waals surface area contributed by atoms with Gasteiger partial charge < -0.3 is 26.2 Å². The van der Waals surface area contributed by atoms with Crippen molar-refractivity contribution in [2.75, 3.05) is 30.3 Å². The summed E-state index contributed by atoms with van der Waals surface area (Å²) in [6.45, 7) is 3.51. The molecule has 0 aliphatic carbocycles. The predicted molar refractivity (Wildman–Crippen MR) is 198 cm³/mol. The zero-order valence-corrected chi connectivity index (χ0v) is 29.3. The molecule has 2 aliphatic heterocycles. The number of β-amino-alcohol motifs (C(OH)–C–C–N with tert-alkyl or cyclic N) is 1. The summed E-state index contributed by atoms with van der Waals surface area (Å²) in [5.74, 6) is -0.652. The monoisotopic (exact) mass is 728 g/mol. The maximum atomic E-state index is 13.4. The van der Waals surface area contributed by atoms with E-state index in [1.807, 2.05) is 41.2 Å². The number of likely N-dealkylation sites (tertiary alicyclic amines) is 1. The molecule has 1 fully saturated rings. The first-order chi connectivity index (χ1) is 24.7. The van der Waals surface area contributed by atoms with Gasteiger partial charge in [-0.15, -0.1) is 0 Å². The van der Waals surface area contributed by atoms with Gasteiger partial charge in [-0.1, -0.05) is 47.5 Å². The van der Waals surface area contributed by atoms with Gasteiger partial charge in [0.2, 0.25) is 0 Å². The first-order valence-electron chi connectivity index (χ1n) is 17.1. The third-order valence-electron chi connectivity index (χ3n) is 9.32. The minimum Gasteiger partial charge on any atom is -0.481 e. The fraction of sp³-hybridized carbons (Fsp3) is 0.324. The average Bonchev–Trinajstić information content (AvgIpc) is 3.75. The van der Waals surface area contributed by atoms with Crippen LogP contribution in [-0.2, 0) is 17.9 Å². The number of aromatic nitrogens is 4. The second-order valence-corrected chi connectivity index (χ2v) is 13.7. The minimum atomic E-state index is -0.819.